The third kappa shape index (κ3) is 5.65. The van der Waals surface area contributed by atoms with Gasteiger partial charge in [-0.1, -0.05) is 48.5 Å². The van der Waals surface area contributed by atoms with Crippen LogP contribution in [0.4, 0.5) is 0 Å². The molecule has 0 spiro atoms. The number of rotatable bonds is 11. The van der Waals surface area contributed by atoms with Crippen molar-refractivity contribution in [2.45, 2.75) is 18.8 Å². The van der Waals surface area contributed by atoms with E-state index in [-0.39, 0.29) is 18.5 Å². The van der Waals surface area contributed by atoms with Gasteiger partial charge in [0.1, 0.15) is 13.2 Å². The quantitative estimate of drug-likeness (QED) is 0.427. The predicted octanol–water partition coefficient (Wildman–Crippen LogP) is 3.33. The zero-order valence-corrected chi connectivity index (χ0v) is 16.6. The predicted molar refractivity (Wildman–Crippen MR) is 108 cm³/mol. The molecule has 0 aromatic heterocycles. The summed E-state index contributed by atoms with van der Waals surface area (Å²) < 4.78 is 20.5. The first kappa shape index (κ1) is 21.0. The number of carbonyl (C=O) groups is 2. The van der Waals surface area contributed by atoms with Gasteiger partial charge in [-0.05, 0) is 28.7 Å². The molecule has 0 heterocycles. The van der Waals surface area contributed by atoms with Crippen molar-refractivity contribution in [2.24, 2.45) is 0 Å². The Bertz CT molecular complexity index is 786. The lowest BCUT2D eigenvalue weighted by atomic mass is 9.98. The zero-order chi connectivity index (χ0) is 20.5. The maximum Gasteiger partial charge on any atom is 0.331 e. The number of hydrogen-bond donors (Lipinski definition) is 0. The number of esters is 2. The Hall–Kier alpha value is -2.70. The van der Waals surface area contributed by atoms with Crippen LogP contribution in [0.1, 0.15) is 29.9 Å². The van der Waals surface area contributed by atoms with Gasteiger partial charge in [0.15, 0.2) is 0 Å². The Morgan fingerprint density at radius 1 is 0.828 bits per heavy atom. The highest BCUT2D eigenvalue weighted by Gasteiger charge is 2.28. The Labute approximate surface area is 170 Å². The van der Waals surface area contributed by atoms with Gasteiger partial charge in [-0.3, -0.25) is 4.79 Å². The van der Waals surface area contributed by atoms with Gasteiger partial charge in [0.05, 0.1) is 20.3 Å². The van der Waals surface area contributed by atoms with E-state index in [1.807, 2.05) is 24.3 Å². The minimum absolute atomic E-state index is 0.0783. The minimum Gasteiger partial charge on any atom is -0.467 e. The van der Waals surface area contributed by atoms with Crippen molar-refractivity contribution in [1.29, 1.82) is 0 Å². The highest BCUT2D eigenvalue weighted by molar-refractivity contribution is 5.79. The zero-order valence-electron chi connectivity index (χ0n) is 16.6. The number of carbonyl (C=O) groups excluding carboxylic acids is 2. The minimum atomic E-state index is -0.416. The molecule has 1 aliphatic rings. The molecule has 154 valence electrons. The Morgan fingerprint density at radius 3 is 2.10 bits per heavy atom. The molecule has 0 unspecified atom stereocenters. The summed E-state index contributed by atoms with van der Waals surface area (Å²) in [5, 5.41) is 0. The average Bonchev–Trinajstić information content (AvgIpc) is 3.07. The van der Waals surface area contributed by atoms with E-state index in [0.29, 0.717) is 39.3 Å². The molecule has 6 heteroatoms. The van der Waals surface area contributed by atoms with Crippen LogP contribution >= 0.6 is 0 Å². The van der Waals surface area contributed by atoms with E-state index in [2.05, 4.69) is 29.0 Å². The van der Waals surface area contributed by atoms with Crippen LogP contribution in [0.2, 0.25) is 0 Å². The van der Waals surface area contributed by atoms with Gasteiger partial charge >= 0.3 is 11.9 Å². The fourth-order valence-corrected chi connectivity index (χ4v) is 3.44. The smallest absolute Gasteiger partial charge is 0.331 e. The largest absolute Gasteiger partial charge is 0.467 e. The van der Waals surface area contributed by atoms with Crippen LogP contribution in [0.25, 0.3) is 11.1 Å². The first-order chi connectivity index (χ1) is 14.2. The highest BCUT2D eigenvalue weighted by atomic mass is 16.6. The van der Waals surface area contributed by atoms with E-state index >= 15 is 0 Å². The molecule has 0 radical (unpaired) electrons. The van der Waals surface area contributed by atoms with Gasteiger partial charge in [-0.15, -0.1) is 0 Å². The summed E-state index contributed by atoms with van der Waals surface area (Å²) in [6, 6.07) is 16.5. The Morgan fingerprint density at radius 2 is 1.45 bits per heavy atom. The summed E-state index contributed by atoms with van der Waals surface area (Å²) in [5.74, 6) is -0.563. The lowest BCUT2D eigenvalue weighted by Gasteiger charge is -2.14. The molecule has 0 atom stereocenters. The second-order valence-electron chi connectivity index (χ2n) is 6.75. The van der Waals surface area contributed by atoms with Gasteiger partial charge in [0.2, 0.25) is 0 Å². The summed E-state index contributed by atoms with van der Waals surface area (Å²) in [6.45, 7) is 1.36. The van der Waals surface area contributed by atoms with E-state index in [4.69, 9.17) is 14.2 Å². The number of methoxy groups -OCH3 is 1. The summed E-state index contributed by atoms with van der Waals surface area (Å²) in [7, 11) is 1.31. The topological polar surface area (TPSA) is 71.1 Å². The number of ether oxygens (including phenoxy) is 4. The van der Waals surface area contributed by atoms with E-state index in [9.17, 15) is 9.59 Å². The Balaban J connectivity index is 1.36. The standard InChI is InChI=1S/C23H26O6/c1-26-23(25)16-28-14-13-27-12-6-11-22(24)29-15-21-19-9-4-2-7-17(19)18-8-3-5-10-20(18)21/h2-5,7-10,21H,6,11-16H2,1H3. The molecular formula is C23H26O6. The molecule has 2 aromatic rings. The normalized spacial score (nSPS) is 12.3. The molecule has 0 saturated heterocycles. The summed E-state index contributed by atoms with van der Waals surface area (Å²) in [5.41, 5.74) is 4.84. The third-order valence-corrected chi connectivity index (χ3v) is 4.86. The van der Waals surface area contributed by atoms with Crippen LogP contribution < -0.4 is 0 Å². The van der Waals surface area contributed by atoms with Crippen molar-refractivity contribution in [3.8, 4) is 11.1 Å². The molecule has 3 rings (SSSR count). The van der Waals surface area contributed by atoms with Crippen LogP contribution in [0.15, 0.2) is 48.5 Å². The lowest BCUT2D eigenvalue weighted by molar-refractivity contribution is -0.147. The monoisotopic (exact) mass is 398 g/mol. The van der Waals surface area contributed by atoms with Crippen molar-refractivity contribution in [3.63, 3.8) is 0 Å². The summed E-state index contributed by atoms with van der Waals surface area (Å²) >= 11 is 0. The number of fused-ring (bicyclic) bond motifs is 3. The fraction of sp³-hybridized carbons (Fsp3) is 0.391. The molecular weight excluding hydrogens is 372 g/mol. The molecule has 0 saturated carbocycles. The first-order valence-corrected chi connectivity index (χ1v) is 9.77. The molecule has 6 nitrogen and oxygen atoms in total. The van der Waals surface area contributed by atoms with E-state index in [0.717, 1.165) is 0 Å². The summed E-state index contributed by atoms with van der Waals surface area (Å²) in [6.07, 6.45) is 0.882. The van der Waals surface area contributed by atoms with Crippen LogP contribution in [-0.2, 0) is 28.5 Å². The fourth-order valence-electron chi connectivity index (χ4n) is 3.44. The van der Waals surface area contributed by atoms with Crippen molar-refractivity contribution < 1.29 is 28.5 Å². The second kappa shape index (κ2) is 10.7. The highest BCUT2D eigenvalue weighted by Crippen LogP contribution is 2.44. The van der Waals surface area contributed by atoms with Crippen LogP contribution in [-0.4, -0.2) is 52.1 Å². The Kier molecular flexibility index (Phi) is 7.78. The van der Waals surface area contributed by atoms with Crippen molar-refractivity contribution in [2.75, 3.05) is 40.1 Å². The molecule has 0 aliphatic heterocycles. The maximum absolute atomic E-state index is 12.1. The van der Waals surface area contributed by atoms with Crippen LogP contribution in [0.3, 0.4) is 0 Å². The molecule has 1 aliphatic carbocycles. The molecule has 29 heavy (non-hydrogen) atoms. The maximum atomic E-state index is 12.1. The van der Waals surface area contributed by atoms with Crippen molar-refractivity contribution >= 4 is 11.9 Å². The van der Waals surface area contributed by atoms with Crippen molar-refractivity contribution in [1.82, 2.24) is 0 Å². The number of hydrogen-bond acceptors (Lipinski definition) is 6. The molecule has 2 aromatic carbocycles. The molecule has 0 amide bonds. The molecule has 0 bridgehead atoms. The van der Waals surface area contributed by atoms with Gasteiger partial charge in [0, 0.05) is 18.9 Å². The van der Waals surface area contributed by atoms with Crippen LogP contribution in [0.5, 0.6) is 0 Å². The van der Waals surface area contributed by atoms with Gasteiger partial charge < -0.3 is 18.9 Å². The molecule has 0 fully saturated rings. The lowest BCUT2D eigenvalue weighted by Crippen LogP contribution is -2.14. The number of benzene rings is 2. The summed E-state index contributed by atoms with van der Waals surface area (Å²) in [4.78, 5) is 23.0. The van der Waals surface area contributed by atoms with Gasteiger partial charge in [-0.2, -0.15) is 0 Å². The van der Waals surface area contributed by atoms with E-state index < -0.39 is 5.97 Å². The first-order valence-electron chi connectivity index (χ1n) is 9.77. The average molecular weight is 398 g/mol. The second-order valence-corrected chi connectivity index (χ2v) is 6.75. The molecule has 0 N–H and O–H groups in total. The van der Waals surface area contributed by atoms with E-state index in [1.54, 1.807) is 0 Å². The van der Waals surface area contributed by atoms with Gasteiger partial charge in [0.25, 0.3) is 0 Å². The van der Waals surface area contributed by atoms with Gasteiger partial charge in [-0.25, -0.2) is 4.79 Å². The van der Waals surface area contributed by atoms with Crippen LogP contribution in [0, 0.1) is 0 Å². The van der Waals surface area contributed by atoms with Crippen molar-refractivity contribution in [3.05, 3.63) is 59.7 Å². The van der Waals surface area contributed by atoms with E-state index in [1.165, 1.54) is 29.4 Å². The third-order valence-electron chi connectivity index (χ3n) is 4.86. The SMILES string of the molecule is COC(=O)COCCOCCCC(=O)OCC1c2ccccc2-c2ccccc21.